The topological polar surface area (TPSA) is 76.0 Å². The number of amides is 1. The summed E-state index contributed by atoms with van der Waals surface area (Å²) in [5, 5.41) is 8.85. The van der Waals surface area contributed by atoms with Crippen molar-refractivity contribution in [2.24, 2.45) is 5.92 Å². The van der Waals surface area contributed by atoms with Crippen LogP contribution in [0.15, 0.2) is 17.8 Å². The number of aromatic amines is 1. The van der Waals surface area contributed by atoms with Crippen LogP contribution in [-0.4, -0.2) is 52.4 Å². The van der Waals surface area contributed by atoms with Gasteiger partial charge in [0.15, 0.2) is 0 Å². The van der Waals surface area contributed by atoms with Gasteiger partial charge in [0, 0.05) is 37.3 Å². The summed E-state index contributed by atoms with van der Waals surface area (Å²) in [5.74, 6) is 0.498. The number of nitrogens with zero attached hydrogens (tertiary/aromatic N) is 4. The van der Waals surface area contributed by atoms with Crippen LogP contribution in [0.4, 0.5) is 0 Å². The molecule has 0 bridgehead atoms. The Morgan fingerprint density at radius 1 is 1.62 bits per heavy atom. The van der Waals surface area contributed by atoms with E-state index in [1.165, 1.54) is 4.88 Å². The molecule has 1 atom stereocenters. The van der Waals surface area contributed by atoms with E-state index in [4.69, 9.17) is 5.26 Å². The minimum atomic E-state index is 0.0104. The highest BCUT2D eigenvalue weighted by Crippen LogP contribution is 2.21. The van der Waals surface area contributed by atoms with Crippen LogP contribution >= 0.6 is 11.3 Å². The lowest BCUT2D eigenvalue weighted by Crippen LogP contribution is -2.31. The molecular weight excluding hydrogens is 322 g/mol. The van der Waals surface area contributed by atoms with Crippen LogP contribution in [0.1, 0.15) is 33.0 Å². The SMILES string of the molecule is Cc1ncsc1CN(C)C[C@@H]1CCN(C(=O)c2c[nH]c(C#N)c2)C1. The summed E-state index contributed by atoms with van der Waals surface area (Å²) in [7, 11) is 2.12. The van der Waals surface area contributed by atoms with Crippen molar-refractivity contribution in [3.8, 4) is 6.07 Å². The van der Waals surface area contributed by atoms with Crippen molar-refractivity contribution in [2.45, 2.75) is 19.9 Å². The summed E-state index contributed by atoms with van der Waals surface area (Å²) >= 11 is 1.70. The smallest absolute Gasteiger partial charge is 0.255 e. The van der Waals surface area contributed by atoms with Crippen molar-refractivity contribution < 1.29 is 4.79 Å². The van der Waals surface area contributed by atoms with E-state index in [1.807, 2.05) is 23.4 Å². The van der Waals surface area contributed by atoms with Gasteiger partial charge in [0.05, 0.1) is 16.8 Å². The molecule has 3 heterocycles. The molecule has 0 radical (unpaired) electrons. The maximum Gasteiger partial charge on any atom is 0.255 e. The lowest BCUT2D eigenvalue weighted by atomic mass is 10.1. The highest BCUT2D eigenvalue weighted by molar-refractivity contribution is 7.09. The first kappa shape index (κ1) is 16.7. The molecule has 0 saturated carbocycles. The number of nitriles is 1. The van der Waals surface area contributed by atoms with E-state index in [-0.39, 0.29) is 5.91 Å². The van der Waals surface area contributed by atoms with Gasteiger partial charge < -0.3 is 14.8 Å². The van der Waals surface area contributed by atoms with Crippen LogP contribution < -0.4 is 0 Å². The van der Waals surface area contributed by atoms with Crippen LogP contribution in [0.3, 0.4) is 0 Å². The molecule has 1 amide bonds. The van der Waals surface area contributed by atoms with Gasteiger partial charge in [-0.1, -0.05) is 0 Å². The first-order valence-corrected chi connectivity index (χ1v) is 8.90. The largest absolute Gasteiger partial charge is 0.352 e. The molecule has 1 saturated heterocycles. The van der Waals surface area contributed by atoms with E-state index in [0.717, 1.165) is 38.3 Å². The molecule has 2 aromatic heterocycles. The second-order valence-electron chi connectivity index (χ2n) is 6.38. The number of hydrogen-bond donors (Lipinski definition) is 1. The van der Waals surface area contributed by atoms with E-state index < -0.39 is 0 Å². The number of nitrogens with one attached hydrogen (secondary N) is 1. The third-order valence-corrected chi connectivity index (χ3v) is 5.37. The highest BCUT2D eigenvalue weighted by Gasteiger charge is 2.28. The van der Waals surface area contributed by atoms with E-state index in [2.05, 4.69) is 21.9 Å². The van der Waals surface area contributed by atoms with Crippen molar-refractivity contribution in [2.75, 3.05) is 26.7 Å². The van der Waals surface area contributed by atoms with Crippen LogP contribution in [-0.2, 0) is 6.54 Å². The minimum absolute atomic E-state index is 0.0104. The quantitative estimate of drug-likeness (QED) is 0.903. The molecule has 126 valence electrons. The number of H-pyrrole nitrogens is 1. The van der Waals surface area contributed by atoms with Gasteiger partial charge in [-0.05, 0) is 32.4 Å². The van der Waals surface area contributed by atoms with Gasteiger partial charge in [-0.25, -0.2) is 4.98 Å². The Bertz CT molecular complexity index is 759. The fraction of sp³-hybridized carbons (Fsp3) is 0.471. The third-order valence-electron chi connectivity index (χ3n) is 4.45. The van der Waals surface area contributed by atoms with Gasteiger partial charge in [0.25, 0.3) is 5.91 Å². The molecule has 1 fully saturated rings. The number of hydrogen-bond acceptors (Lipinski definition) is 5. The average molecular weight is 343 g/mol. The Balaban J connectivity index is 1.52. The Hall–Kier alpha value is -2.17. The van der Waals surface area contributed by atoms with Gasteiger partial charge in [0.1, 0.15) is 11.8 Å². The molecule has 1 N–H and O–H groups in total. The van der Waals surface area contributed by atoms with Crippen LogP contribution in [0.25, 0.3) is 0 Å². The molecule has 7 heteroatoms. The molecule has 0 aromatic carbocycles. The van der Waals surface area contributed by atoms with Gasteiger partial charge in [-0.15, -0.1) is 11.3 Å². The first-order chi connectivity index (χ1) is 11.6. The van der Waals surface area contributed by atoms with E-state index >= 15 is 0 Å². The average Bonchev–Trinajstić information content (AvgIpc) is 3.29. The molecule has 1 aliphatic rings. The summed E-state index contributed by atoms with van der Waals surface area (Å²) in [5.41, 5.74) is 3.99. The fourth-order valence-corrected chi connectivity index (χ4v) is 4.02. The Morgan fingerprint density at radius 3 is 3.12 bits per heavy atom. The van der Waals surface area contributed by atoms with Gasteiger partial charge in [-0.2, -0.15) is 5.26 Å². The Morgan fingerprint density at radius 2 is 2.46 bits per heavy atom. The van der Waals surface area contributed by atoms with E-state index in [9.17, 15) is 4.79 Å². The molecule has 0 unspecified atom stereocenters. The van der Waals surface area contributed by atoms with Gasteiger partial charge in [-0.3, -0.25) is 4.79 Å². The number of likely N-dealkylation sites (tertiary alicyclic amines) is 1. The second-order valence-corrected chi connectivity index (χ2v) is 7.32. The standard InChI is InChI=1S/C17H21N5OS/c1-12-16(24-11-20-12)10-21(2)8-13-3-4-22(9-13)17(23)14-5-15(6-18)19-7-14/h5,7,11,13,19H,3-4,8-10H2,1-2H3/t13-/m0/s1. The number of aromatic nitrogens is 2. The van der Waals surface area contributed by atoms with Crippen LogP contribution in [0.5, 0.6) is 0 Å². The van der Waals surface area contributed by atoms with Gasteiger partial charge in [0.2, 0.25) is 0 Å². The van der Waals surface area contributed by atoms with Crippen molar-refractivity contribution in [1.29, 1.82) is 5.26 Å². The summed E-state index contributed by atoms with van der Waals surface area (Å²) in [4.78, 5) is 25.1. The normalized spacial score (nSPS) is 17.4. The van der Waals surface area contributed by atoms with Crippen molar-refractivity contribution in [1.82, 2.24) is 19.8 Å². The monoisotopic (exact) mass is 343 g/mol. The zero-order chi connectivity index (χ0) is 17.1. The first-order valence-electron chi connectivity index (χ1n) is 8.02. The van der Waals surface area contributed by atoms with Gasteiger partial charge >= 0.3 is 0 Å². The molecule has 0 spiro atoms. The number of carbonyl (C=O) groups excluding carboxylic acids is 1. The van der Waals surface area contributed by atoms with Crippen molar-refractivity contribution in [3.63, 3.8) is 0 Å². The molecule has 3 rings (SSSR count). The summed E-state index contributed by atoms with van der Waals surface area (Å²) in [6, 6.07) is 3.64. The zero-order valence-corrected chi connectivity index (χ0v) is 14.8. The molecule has 1 aliphatic heterocycles. The number of thiazole rings is 1. The van der Waals surface area contributed by atoms with Crippen molar-refractivity contribution in [3.05, 3.63) is 39.6 Å². The summed E-state index contributed by atoms with van der Waals surface area (Å²) in [6.07, 6.45) is 2.64. The molecule has 6 nitrogen and oxygen atoms in total. The lowest BCUT2D eigenvalue weighted by Gasteiger charge is -2.21. The van der Waals surface area contributed by atoms with Crippen molar-refractivity contribution >= 4 is 17.2 Å². The molecule has 0 aliphatic carbocycles. The van der Waals surface area contributed by atoms with Crippen LogP contribution in [0, 0.1) is 24.2 Å². The summed E-state index contributed by atoms with van der Waals surface area (Å²) in [6.45, 7) is 5.48. The van der Waals surface area contributed by atoms with E-state index in [0.29, 0.717) is 17.2 Å². The van der Waals surface area contributed by atoms with Crippen LogP contribution in [0.2, 0.25) is 0 Å². The number of carbonyl (C=O) groups is 1. The Labute approximate surface area is 145 Å². The number of rotatable bonds is 5. The third kappa shape index (κ3) is 3.66. The second kappa shape index (κ2) is 7.16. The lowest BCUT2D eigenvalue weighted by molar-refractivity contribution is 0.0784. The Kier molecular flexibility index (Phi) is 4.97. The fourth-order valence-electron chi connectivity index (χ4n) is 3.16. The molecule has 24 heavy (non-hydrogen) atoms. The number of aryl methyl sites for hydroxylation is 1. The zero-order valence-electron chi connectivity index (χ0n) is 14.0. The molecular formula is C17H21N5OS. The van der Waals surface area contributed by atoms with E-state index in [1.54, 1.807) is 23.6 Å². The minimum Gasteiger partial charge on any atom is -0.352 e. The maximum atomic E-state index is 12.5. The predicted octanol–water partition coefficient (Wildman–Crippen LogP) is 2.25. The predicted molar refractivity (Wildman–Crippen MR) is 92.7 cm³/mol. The maximum absolute atomic E-state index is 12.5. The summed E-state index contributed by atoms with van der Waals surface area (Å²) < 4.78 is 0. The highest BCUT2D eigenvalue weighted by atomic mass is 32.1. The molecule has 2 aromatic rings.